The topological polar surface area (TPSA) is 50.2 Å². The van der Waals surface area contributed by atoms with E-state index in [1.54, 1.807) is 12.5 Å². The largest absolute Gasteiger partial charge is 0.335 e. The van der Waals surface area contributed by atoms with Crippen molar-refractivity contribution in [1.29, 1.82) is 0 Å². The van der Waals surface area contributed by atoms with Gasteiger partial charge in [-0.3, -0.25) is 0 Å². The molecule has 2 amide bonds. The number of amides is 2. The van der Waals surface area contributed by atoms with Crippen molar-refractivity contribution >= 4 is 6.03 Å². The van der Waals surface area contributed by atoms with Gasteiger partial charge in [0.15, 0.2) is 0 Å². The fourth-order valence-corrected chi connectivity index (χ4v) is 2.74. The van der Waals surface area contributed by atoms with Crippen molar-refractivity contribution in [3.63, 3.8) is 0 Å². The Morgan fingerprint density at radius 1 is 1.53 bits per heavy atom. The highest BCUT2D eigenvalue weighted by atomic mass is 16.2. The number of hydrogen-bond donors (Lipinski definition) is 1. The summed E-state index contributed by atoms with van der Waals surface area (Å²) in [6.45, 7) is 5.84. The first-order valence-electron chi connectivity index (χ1n) is 7.23. The van der Waals surface area contributed by atoms with Gasteiger partial charge < -0.3 is 14.8 Å². The first kappa shape index (κ1) is 13.9. The minimum atomic E-state index is 0.0826. The van der Waals surface area contributed by atoms with Gasteiger partial charge in [-0.1, -0.05) is 6.92 Å². The Kier molecular flexibility index (Phi) is 4.82. The van der Waals surface area contributed by atoms with E-state index in [9.17, 15) is 4.79 Å². The van der Waals surface area contributed by atoms with E-state index in [4.69, 9.17) is 0 Å². The van der Waals surface area contributed by atoms with Crippen molar-refractivity contribution in [3.05, 3.63) is 18.7 Å². The molecular weight excluding hydrogens is 240 g/mol. The number of likely N-dealkylation sites (tertiary alicyclic amines) is 1. The Hall–Kier alpha value is -1.52. The van der Waals surface area contributed by atoms with Crippen LogP contribution in [0.2, 0.25) is 0 Å². The molecule has 1 aromatic heterocycles. The van der Waals surface area contributed by atoms with Crippen LogP contribution < -0.4 is 5.32 Å². The molecule has 2 unspecified atom stereocenters. The zero-order chi connectivity index (χ0) is 13.7. The second kappa shape index (κ2) is 6.59. The number of carbonyl (C=O) groups excluding carboxylic acids is 1. The standard InChI is InChI=1S/C14H24N4O/c1-3-13-6-4-5-8-18(13)14(19)16-12(2)10-17-9-7-15-11-17/h7,9,11-13H,3-6,8,10H2,1-2H3,(H,16,19). The molecule has 2 atom stereocenters. The number of aromatic nitrogens is 2. The zero-order valence-electron chi connectivity index (χ0n) is 11.9. The van der Waals surface area contributed by atoms with Gasteiger partial charge in [0.25, 0.3) is 0 Å². The molecular formula is C14H24N4O. The van der Waals surface area contributed by atoms with Crippen LogP contribution in [0, 0.1) is 0 Å². The van der Waals surface area contributed by atoms with E-state index in [-0.39, 0.29) is 12.1 Å². The first-order chi connectivity index (χ1) is 9.20. The van der Waals surface area contributed by atoms with Crippen LogP contribution >= 0.6 is 0 Å². The molecule has 0 aliphatic carbocycles. The smallest absolute Gasteiger partial charge is 0.317 e. The van der Waals surface area contributed by atoms with E-state index in [0.29, 0.717) is 6.04 Å². The Labute approximate surface area is 115 Å². The molecule has 0 bridgehead atoms. The summed E-state index contributed by atoms with van der Waals surface area (Å²) in [7, 11) is 0. The van der Waals surface area contributed by atoms with E-state index in [1.807, 2.05) is 22.6 Å². The van der Waals surface area contributed by atoms with Gasteiger partial charge >= 0.3 is 6.03 Å². The van der Waals surface area contributed by atoms with Crippen LogP contribution in [0.4, 0.5) is 4.79 Å². The maximum Gasteiger partial charge on any atom is 0.317 e. The second-order valence-electron chi connectivity index (χ2n) is 5.36. The molecule has 1 saturated heterocycles. The van der Waals surface area contributed by atoms with Gasteiger partial charge in [-0.2, -0.15) is 0 Å². The van der Waals surface area contributed by atoms with Gasteiger partial charge in [0.05, 0.1) is 6.33 Å². The van der Waals surface area contributed by atoms with Gasteiger partial charge in [0, 0.05) is 37.6 Å². The number of nitrogens with one attached hydrogen (secondary N) is 1. The number of rotatable bonds is 4. The summed E-state index contributed by atoms with van der Waals surface area (Å²) in [5, 5.41) is 3.09. The first-order valence-corrected chi connectivity index (χ1v) is 7.23. The molecule has 1 aliphatic rings. The molecule has 0 radical (unpaired) electrons. The van der Waals surface area contributed by atoms with Gasteiger partial charge in [-0.15, -0.1) is 0 Å². The van der Waals surface area contributed by atoms with Gasteiger partial charge in [0.2, 0.25) is 0 Å². The molecule has 5 nitrogen and oxygen atoms in total. The van der Waals surface area contributed by atoms with Crippen molar-refractivity contribution in [2.45, 2.75) is 58.2 Å². The third-order valence-electron chi connectivity index (χ3n) is 3.77. The van der Waals surface area contributed by atoms with E-state index in [0.717, 1.165) is 32.4 Å². The summed E-state index contributed by atoms with van der Waals surface area (Å²) in [5.74, 6) is 0. The molecule has 0 saturated carbocycles. The summed E-state index contributed by atoms with van der Waals surface area (Å²) >= 11 is 0. The number of imidazole rings is 1. The van der Waals surface area contributed by atoms with Crippen LogP contribution in [0.25, 0.3) is 0 Å². The van der Waals surface area contributed by atoms with E-state index in [1.165, 1.54) is 6.42 Å². The predicted molar refractivity (Wildman–Crippen MR) is 74.9 cm³/mol. The van der Waals surface area contributed by atoms with Crippen molar-refractivity contribution < 1.29 is 4.79 Å². The van der Waals surface area contributed by atoms with Crippen LogP contribution in [0.15, 0.2) is 18.7 Å². The second-order valence-corrected chi connectivity index (χ2v) is 5.36. The number of hydrogen-bond acceptors (Lipinski definition) is 2. The Morgan fingerprint density at radius 3 is 3.05 bits per heavy atom. The molecule has 19 heavy (non-hydrogen) atoms. The molecule has 5 heteroatoms. The average Bonchev–Trinajstić information content (AvgIpc) is 2.91. The van der Waals surface area contributed by atoms with Crippen molar-refractivity contribution in [3.8, 4) is 0 Å². The monoisotopic (exact) mass is 264 g/mol. The molecule has 0 spiro atoms. The Balaban J connectivity index is 1.85. The van der Waals surface area contributed by atoms with E-state index < -0.39 is 0 Å². The molecule has 1 aromatic rings. The minimum Gasteiger partial charge on any atom is -0.335 e. The van der Waals surface area contributed by atoms with E-state index in [2.05, 4.69) is 17.2 Å². The normalized spacial score (nSPS) is 21.2. The van der Waals surface area contributed by atoms with Gasteiger partial charge in [-0.25, -0.2) is 9.78 Å². The third kappa shape index (κ3) is 3.72. The summed E-state index contributed by atoms with van der Waals surface area (Å²) < 4.78 is 1.98. The summed E-state index contributed by atoms with van der Waals surface area (Å²) in [6.07, 6.45) is 10.00. The molecule has 1 aliphatic heterocycles. The maximum absolute atomic E-state index is 12.3. The highest BCUT2D eigenvalue weighted by molar-refractivity contribution is 5.75. The number of carbonyl (C=O) groups is 1. The van der Waals surface area contributed by atoms with Crippen LogP contribution in [-0.4, -0.2) is 39.1 Å². The lowest BCUT2D eigenvalue weighted by Gasteiger charge is -2.36. The maximum atomic E-state index is 12.3. The lowest BCUT2D eigenvalue weighted by molar-refractivity contribution is 0.145. The molecule has 106 valence electrons. The SMILES string of the molecule is CCC1CCCCN1C(=O)NC(C)Cn1ccnc1. The molecule has 1 N–H and O–H groups in total. The van der Waals surface area contributed by atoms with Gasteiger partial charge in [-0.05, 0) is 32.6 Å². The summed E-state index contributed by atoms with van der Waals surface area (Å²) in [4.78, 5) is 18.3. The van der Waals surface area contributed by atoms with Crippen molar-refractivity contribution in [2.24, 2.45) is 0 Å². The Bertz CT molecular complexity index is 390. The number of piperidine rings is 1. The molecule has 2 heterocycles. The van der Waals surface area contributed by atoms with Crippen molar-refractivity contribution in [1.82, 2.24) is 19.8 Å². The third-order valence-corrected chi connectivity index (χ3v) is 3.77. The fraction of sp³-hybridized carbons (Fsp3) is 0.714. The average molecular weight is 264 g/mol. The summed E-state index contributed by atoms with van der Waals surface area (Å²) in [5.41, 5.74) is 0. The number of nitrogens with zero attached hydrogens (tertiary/aromatic N) is 3. The predicted octanol–water partition coefficient (Wildman–Crippen LogP) is 2.25. The van der Waals surface area contributed by atoms with Crippen molar-refractivity contribution in [2.75, 3.05) is 6.54 Å². The van der Waals surface area contributed by atoms with Crippen LogP contribution in [0.1, 0.15) is 39.5 Å². The molecule has 0 aromatic carbocycles. The van der Waals surface area contributed by atoms with Gasteiger partial charge in [0.1, 0.15) is 0 Å². The molecule has 1 fully saturated rings. The fourth-order valence-electron chi connectivity index (χ4n) is 2.74. The highest BCUT2D eigenvalue weighted by Crippen LogP contribution is 2.19. The highest BCUT2D eigenvalue weighted by Gasteiger charge is 2.25. The molecule has 2 rings (SSSR count). The minimum absolute atomic E-state index is 0.0826. The summed E-state index contributed by atoms with van der Waals surface area (Å²) in [6, 6.07) is 0.606. The number of urea groups is 1. The quantitative estimate of drug-likeness (QED) is 0.906. The zero-order valence-corrected chi connectivity index (χ0v) is 11.9. The Morgan fingerprint density at radius 2 is 2.37 bits per heavy atom. The van der Waals surface area contributed by atoms with E-state index >= 15 is 0 Å². The lowest BCUT2D eigenvalue weighted by atomic mass is 10.0. The lowest BCUT2D eigenvalue weighted by Crippen LogP contribution is -2.51. The van der Waals surface area contributed by atoms with Crippen LogP contribution in [0.5, 0.6) is 0 Å². The van der Waals surface area contributed by atoms with Crippen LogP contribution in [0.3, 0.4) is 0 Å². The van der Waals surface area contributed by atoms with Crippen LogP contribution in [-0.2, 0) is 6.54 Å².